The maximum Gasteiger partial charge on any atom is 0.255 e. The molecule has 6 heteroatoms. The molecule has 0 aliphatic carbocycles. The largest absolute Gasteiger partial charge is 0.341 e. The monoisotopic (exact) mass is 405 g/mol. The number of nitrogens with zero attached hydrogens (tertiary/aromatic N) is 2. The molecule has 0 bridgehead atoms. The maximum atomic E-state index is 13.5. The zero-order valence-electron chi connectivity index (χ0n) is 17.5. The van der Waals surface area contributed by atoms with Crippen LogP contribution in [0.3, 0.4) is 0 Å². The van der Waals surface area contributed by atoms with Crippen molar-refractivity contribution in [2.75, 3.05) is 18.4 Å². The lowest BCUT2D eigenvalue weighted by atomic mass is 9.91. The van der Waals surface area contributed by atoms with Gasteiger partial charge in [-0.05, 0) is 54.7 Å². The van der Waals surface area contributed by atoms with E-state index < -0.39 is 6.04 Å². The number of amides is 3. The Labute approximate surface area is 176 Å². The highest BCUT2D eigenvalue weighted by Gasteiger charge is 2.38. The number of carbonyl (C=O) groups is 3. The van der Waals surface area contributed by atoms with E-state index in [0.29, 0.717) is 24.2 Å². The number of anilines is 1. The lowest BCUT2D eigenvalue weighted by Crippen LogP contribution is -2.53. The van der Waals surface area contributed by atoms with E-state index in [1.165, 1.54) is 6.92 Å². The number of carbonyl (C=O) groups excluding carboxylic acids is 3. The van der Waals surface area contributed by atoms with Gasteiger partial charge < -0.3 is 15.1 Å². The minimum Gasteiger partial charge on any atom is -0.341 e. The zero-order valence-corrected chi connectivity index (χ0v) is 17.5. The highest BCUT2D eigenvalue weighted by Crippen LogP contribution is 2.29. The summed E-state index contributed by atoms with van der Waals surface area (Å²) in [6.45, 7) is 5.25. The molecule has 1 atom stereocenters. The first kappa shape index (κ1) is 20.1. The quantitative estimate of drug-likeness (QED) is 0.853. The van der Waals surface area contributed by atoms with Gasteiger partial charge in [-0.2, -0.15) is 0 Å². The van der Waals surface area contributed by atoms with Crippen LogP contribution in [0.1, 0.15) is 46.8 Å². The van der Waals surface area contributed by atoms with E-state index in [9.17, 15) is 14.4 Å². The maximum absolute atomic E-state index is 13.5. The molecule has 1 fully saturated rings. The van der Waals surface area contributed by atoms with Crippen molar-refractivity contribution in [3.05, 3.63) is 64.7 Å². The first-order chi connectivity index (χ1) is 14.4. The summed E-state index contributed by atoms with van der Waals surface area (Å²) < 4.78 is 0. The van der Waals surface area contributed by atoms with Gasteiger partial charge in [0.2, 0.25) is 11.8 Å². The molecule has 0 spiro atoms. The normalized spacial score (nSPS) is 18.1. The number of hydrogen-bond acceptors (Lipinski definition) is 3. The van der Waals surface area contributed by atoms with Gasteiger partial charge in [-0.25, -0.2) is 0 Å². The Balaban J connectivity index is 1.70. The molecule has 156 valence electrons. The molecule has 30 heavy (non-hydrogen) atoms. The van der Waals surface area contributed by atoms with Gasteiger partial charge in [0.25, 0.3) is 5.91 Å². The smallest absolute Gasteiger partial charge is 0.255 e. The van der Waals surface area contributed by atoms with Crippen molar-refractivity contribution < 1.29 is 14.4 Å². The van der Waals surface area contributed by atoms with Gasteiger partial charge in [0.05, 0.1) is 0 Å². The van der Waals surface area contributed by atoms with Crippen molar-refractivity contribution in [2.24, 2.45) is 0 Å². The van der Waals surface area contributed by atoms with Crippen LogP contribution in [0.2, 0.25) is 0 Å². The number of rotatable bonds is 3. The minimum atomic E-state index is -0.505. The van der Waals surface area contributed by atoms with Crippen LogP contribution in [0.25, 0.3) is 0 Å². The summed E-state index contributed by atoms with van der Waals surface area (Å²) in [7, 11) is 0. The highest BCUT2D eigenvalue weighted by molar-refractivity contribution is 5.99. The fourth-order valence-corrected chi connectivity index (χ4v) is 4.42. The summed E-state index contributed by atoms with van der Waals surface area (Å²) in [5.41, 5.74) is 4.24. The number of fused-ring (bicyclic) bond motifs is 1. The summed E-state index contributed by atoms with van der Waals surface area (Å²) in [4.78, 5) is 41.9. The first-order valence-electron chi connectivity index (χ1n) is 10.5. The standard InChI is InChI=1S/C24H27N3O3/c1-16-7-3-4-8-21(16)23(29)27-15-19-13-20(25-17(2)28)10-9-18(19)14-22(27)24(30)26-11-5-6-12-26/h3-4,7-10,13,22H,5-6,11-12,14-15H2,1-2H3,(H,25,28)/t22-/m1/s1. The van der Waals surface area contributed by atoms with Gasteiger partial charge in [-0.15, -0.1) is 0 Å². The van der Waals surface area contributed by atoms with Gasteiger partial charge in [-0.1, -0.05) is 24.3 Å². The molecule has 0 aromatic heterocycles. The second-order valence-corrected chi connectivity index (χ2v) is 8.16. The third-order valence-corrected chi connectivity index (χ3v) is 6.00. The Morgan fingerprint density at radius 2 is 1.73 bits per heavy atom. The minimum absolute atomic E-state index is 0.0334. The molecule has 2 aromatic carbocycles. The Bertz CT molecular complexity index is 995. The lowest BCUT2D eigenvalue weighted by Gasteiger charge is -2.38. The predicted octanol–water partition coefficient (Wildman–Crippen LogP) is 3.14. The second-order valence-electron chi connectivity index (χ2n) is 8.16. The van der Waals surface area contributed by atoms with E-state index in [-0.39, 0.29) is 17.7 Å². The van der Waals surface area contributed by atoms with Crippen LogP contribution < -0.4 is 5.32 Å². The van der Waals surface area contributed by atoms with Crippen LogP contribution in [-0.2, 0) is 22.6 Å². The molecular formula is C24H27N3O3. The van der Waals surface area contributed by atoms with Crippen LogP contribution in [0, 0.1) is 6.92 Å². The molecule has 0 radical (unpaired) electrons. The van der Waals surface area contributed by atoms with Crippen LogP contribution in [0.4, 0.5) is 5.69 Å². The van der Waals surface area contributed by atoms with Crippen LogP contribution in [-0.4, -0.2) is 46.7 Å². The predicted molar refractivity (Wildman–Crippen MR) is 115 cm³/mol. The highest BCUT2D eigenvalue weighted by atomic mass is 16.2. The Morgan fingerprint density at radius 1 is 1.00 bits per heavy atom. The third-order valence-electron chi connectivity index (χ3n) is 6.00. The lowest BCUT2D eigenvalue weighted by molar-refractivity contribution is -0.135. The molecule has 2 aliphatic heterocycles. The van der Waals surface area contributed by atoms with E-state index in [4.69, 9.17) is 0 Å². The van der Waals surface area contributed by atoms with Gasteiger partial charge in [0.1, 0.15) is 6.04 Å². The van der Waals surface area contributed by atoms with Crippen molar-refractivity contribution in [2.45, 2.75) is 45.7 Å². The molecule has 0 saturated carbocycles. The molecule has 4 rings (SSSR count). The molecule has 1 N–H and O–H groups in total. The molecule has 1 saturated heterocycles. The van der Waals surface area contributed by atoms with Gasteiger partial charge >= 0.3 is 0 Å². The van der Waals surface area contributed by atoms with Crippen molar-refractivity contribution in [1.82, 2.24) is 9.80 Å². The summed E-state index contributed by atoms with van der Waals surface area (Å²) in [6.07, 6.45) is 2.52. The fourth-order valence-electron chi connectivity index (χ4n) is 4.42. The molecule has 2 heterocycles. The Kier molecular flexibility index (Phi) is 5.57. The average Bonchev–Trinajstić information content (AvgIpc) is 3.26. The van der Waals surface area contributed by atoms with Gasteiger partial charge in [-0.3, -0.25) is 14.4 Å². The van der Waals surface area contributed by atoms with Crippen molar-refractivity contribution in [3.8, 4) is 0 Å². The second kappa shape index (κ2) is 8.30. The number of hydrogen-bond donors (Lipinski definition) is 1. The van der Waals surface area contributed by atoms with Crippen LogP contribution in [0.15, 0.2) is 42.5 Å². The average molecular weight is 405 g/mol. The molecule has 3 amide bonds. The summed E-state index contributed by atoms with van der Waals surface area (Å²) in [5.74, 6) is -0.229. The summed E-state index contributed by atoms with van der Waals surface area (Å²) in [6, 6.07) is 12.7. The van der Waals surface area contributed by atoms with E-state index in [2.05, 4.69) is 5.32 Å². The zero-order chi connectivity index (χ0) is 21.3. The first-order valence-corrected chi connectivity index (χ1v) is 10.5. The molecular weight excluding hydrogens is 378 g/mol. The third kappa shape index (κ3) is 3.95. The van der Waals surface area contributed by atoms with Crippen molar-refractivity contribution in [1.29, 1.82) is 0 Å². The molecule has 6 nitrogen and oxygen atoms in total. The molecule has 2 aromatic rings. The number of benzene rings is 2. The van der Waals surface area contributed by atoms with Crippen LogP contribution in [0.5, 0.6) is 0 Å². The number of nitrogens with one attached hydrogen (secondary N) is 1. The van der Waals surface area contributed by atoms with Gasteiger partial charge in [0, 0.05) is 44.2 Å². The van der Waals surface area contributed by atoms with E-state index >= 15 is 0 Å². The summed E-state index contributed by atoms with van der Waals surface area (Å²) in [5, 5.41) is 2.80. The number of aryl methyl sites for hydroxylation is 1. The van der Waals surface area contributed by atoms with E-state index in [1.807, 2.05) is 54.3 Å². The SMILES string of the molecule is CC(=O)Nc1ccc2c(c1)CN(C(=O)c1ccccc1C)[C@@H](C(=O)N1CCCC1)C2. The van der Waals surface area contributed by atoms with Crippen molar-refractivity contribution >= 4 is 23.4 Å². The van der Waals surface area contributed by atoms with Crippen molar-refractivity contribution in [3.63, 3.8) is 0 Å². The Hall–Kier alpha value is -3.15. The topological polar surface area (TPSA) is 69.7 Å². The van der Waals surface area contributed by atoms with E-state index in [0.717, 1.165) is 42.6 Å². The van der Waals surface area contributed by atoms with E-state index in [1.54, 1.807) is 4.90 Å². The Morgan fingerprint density at radius 3 is 2.43 bits per heavy atom. The molecule has 2 aliphatic rings. The number of likely N-dealkylation sites (tertiary alicyclic amines) is 1. The van der Waals surface area contributed by atoms with Crippen LogP contribution >= 0.6 is 0 Å². The van der Waals surface area contributed by atoms with Gasteiger partial charge in [0.15, 0.2) is 0 Å². The fraction of sp³-hybridized carbons (Fsp3) is 0.375. The summed E-state index contributed by atoms with van der Waals surface area (Å²) >= 11 is 0. The molecule has 0 unspecified atom stereocenters.